The van der Waals surface area contributed by atoms with Crippen LogP contribution in [0.2, 0.25) is 5.02 Å². The molecule has 0 unspecified atom stereocenters. The Labute approximate surface area is 174 Å². The molecule has 1 saturated heterocycles. The fraction of sp³-hybridized carbons (Fsp3) is 0.211. The minimum atomic E-state index is -0.776. The number of benzene rings is 2. The van der Waals surface area contributed by atoms with Gasteiger partial charge in [-0.2, -0.15) is 0 Å². The van der Waals surface area contributed by atoms with Crippen LogP contribution in [0, 0.1) is 10.1 Å². The van der Waals surface area contributed by atoms with Crippen molar-refractivity contribution in [2.45, 2.75) is 0 Å². The van der Waals surface area contributed by atoms with Crippen LogP contribution in [0.15, 0.2) is 46.6 Å². The number of nitro benzene ring substituents is 1. The number of nitrogens with one attached hydrogen (secondary N) is 1. The maximum absolute atomic E-state index is 12.5. The summed E-state index contributed by atoms with van der Waals surface area (Å²) in [4.78, 5) is 28.0. The standard InChI is InChI=1S/C19H16ClN5O5/c20-12-2-3-14-13(10-12)17(19(27)21-14)22-23-18(26)11-1-4-15(16(9-11)25(28)29)24-5-7-30-8-6-24/h1-4,9-10,21,27H,5-8H2. The molecule has 1 aliphatic heterocycles. The third-order valence-electron chi connectivity index (χ3n) is 4.73. The molecule has 1 amide bonds. The lowest BCUT2D eigenvalue weighted by atomic mass is 10.1. The number of aromatic hydroxyl groups is 1. The number of amides is 1. The van der Waals surface area contributed by atoms with Gasteiger partial charge in [0.1, 0.15) is 5.69 Å². The highest BCUT2D eigenvalue weighted by atomic mass is 35.5. The quantitative estimate of drug-likeness (QED) is 0.362. The van der Waals surface area contributed by atoms with Gasteiger partial charge in [0.25, 0.3) is 11.6 Å². The predicted octanol–water partition coefficient (Wildman–Crippen LogP) is 4.20. The van der Waals surface area contributed by atoms with E-state index in [-0.39, 0.29) is 22.8 Å². The number of hydrogen-bond donors (Lipinski definition) is 2. The largest absolute Gasteiger partial charge is 0.493 e. The van der Waals surface area contributed by atoms with E-state index in [0.717, 1.165) is 0 Å². The van der Waals surface area contributed by atoms with Crippen LogP contribution < -0.4 is 4.90 Å². The molecule has 11 heteroatoms. The van der Waals surface area contributed by atoms with E-state index in [1.54, 1.807) is 18.2 Å². The van der Waals surface area contributed by atoms with Crippen molar-refractivity contribution in [3.05, 3.63) is 57.1 Å². The summed E-state index contributed by atoms with van der Waals surface area (Å²) < 4.78 is 5.27. The summed E-state index contributed by atoms with van der Waals surface area (Å²) in [5.74, 6) is -1.04. The first-order valence-corrected chi connectivity index (χ1v) is 9.39. The van der Waals surface area contributed by atoms with Crippen molar-refractivity contribution < 1.29 is 19.6 Å². The van der Waals surface area contributed by atoms with Crippen LogP contribution >= 0.6 is 11.6 Å². The normalized spacial score (nSPS) is 14.5. The average Bonchev–Trinajstić information content (AvgIpc) is 3.06. The van der Waals surface area contributed by atoms with Gasteiger partial charge < -0.3 is 19.7 Å². The van der Waals surface area contributed by atoms with E-state index < -0.39 is 10.8 Å². The molecule has 0 atom stereocenters. The Morgan fingerprint density at radius 3 is 2.73 bits per heavy atom. The van der Waals surface area contributed by atoms with Crippen LogP contribution in [0.1, 0.15) is 10.4 Å². The lowest BCUT2D eigenvalue weighted by molar-refractivity contribution is -0.384. The van der Waals surface area contributed by atoms with Gasteiger partial charge in [-0.15, -0.1) is 10.2 Å². The van der Waals surface area contributed by atoms with Crippen LogP contribution in [0.25, 0.3) is 10.9 Å². The van der Waals surface area contributed by atoms with Gasteiger partial charge in [0, 0.05) is 29.6 Å². The monoisotopic (exact) mass is 429 g/mol. The van der Waals surface area contributed by atoms with Crippen molar-refractivity contribution in [3.8, 4) is 5.88 Å². The van der Waals surface area contributed by atoms with Gasteiger partial charge in [0.15, 0.2) is 5.69 Å². The van der Waals surface area contributed by atoms with E-state index in [1.807, 2.05) is 4.90 Å². The molecule has 0 saturated carbocycles. The van der Waals surface area contributed by atoms with Crippen molar-refractivity contribution in [3.63, 3.8) is 0 Å². The molecule has 1 fully saturated rings. The first kappa shape index (κ1) is 19.8. The van der Waals surface area contributed by atoms with E-state index in [1.165, 1.54) is 18.2 Å². The number of carbonyl (C=O) groups excluding carboxylic acids is 1. The summed E-state index contributed by atoms with van der Waals surface area (Å²) >= 11 is 5.97. The van der Waals surface area contributed by atoms with Gasteiger partial charge in [-0.3, -0.25) is 14.9 Å². The van der Waals surface area contributed by atoms with Crippen molar-refractivity contribution in [1.29, 1.82) is 0 Å². The third kappa shape index (κ3) is 3.82. The van der Waals surface area contributed by atoms with Crippen molar-refractivity contribution in [2.75, 3.05) is 31.2 Å². The Morgan fingerprint density at radius 2 is 2.00 bits per heavy atom. The topological polar surface area (TPSA) is 133 Å². The molecule has 30 heavy (non-hydrogen) atoms. The first-order valence-electron chi connectivity index (χ1n) is 9.01. The molecule has 2 heterocycles. The smallest absolute Gasteiger partial charge is 0.295 e. The second kappa shape index (κ2) is 8.09. The third-order valence-corrected chi connectivity index (χ3v) is 4.96. The van der Waals surface area contributed by atoms with Gasteiger partial charge in [-0.05, 0) is 30.3 Å². The predicted molar refractivity (Wildman–Crippen MR) is 110 cm³/mol. The number of fused-ring (bicyclic) bond motifs is 1. The second-order valence-corrected chi connectivity index (χ2v) is 7.01. The van der Waals surface area contributed by atoms with Crippen molar-refractivity contribution in [2.24, 2.45) is 10.2 Å². The number of nitro groups is 1. The highest BCUT2D eigenvalue weighted by molar-refractivity contribution is 6.31. The molecule has 0 radical (unpaired) electrons. The number of H-pyrrole nitrogens is 1. The number of halogens is 1. The SMILES string of the molecule is O=C(N=Nc1c(O)[nH]c2ccc(Cl)cc12)c1ccc(N2CCOCC2)c([N+](=O)[O-])c1. The minimum Gasteiger partial charge on any atom is -0.493 e. The molecular weight excluding hydrogens is 414 g/mol. The molecule has 154 valence electrons. The summed E-state index contributed by atoms with van der Waals surface area (Å²) in [5.41, 5.74) is 0.865. The Balaban J connectivity index is 1.64. The molecule has 1 aliphatic rings. The summed E-state index contributed by atoms with van der Waals surface area (Å²) in [5, 5.41) is 30.0. The van der Waals surface area contributed by atoms with E-state index in [0.29, 0.717) is 47.9 Å². The highest BCUT2D eigenvalue weighted by Gasteiger charge is 2.23. The van der Waals surface area contributed by atoms with Crippen LogP contribution in [0.3, 0.4) is 0 Å². The summed E-state index contributed by atoms with van der Waals surface area (Å²) in [7, 11) is 0. The summed E-state index contributed by atoms with van der Waals surface area (Å²) in [6.45, 7) is 2.00. The Bertz CT molecular complexity index is 1170. The lowest BCUT2D eigenvalue weighted by Gasteiger charge is -2.28. The molecule has 2 N–H and O–H groups in total. The highest BCUT2D eigenvalue weighted by Crippen LogP contribution is 2.37. The zero-order chi connectivity index (χ0) is 21.3. The van der Waals surface area contributed by atoms with E-state index >= 15 is 0 Å². The maximum Gasteiger partial charge on any atom is 0.295 e. The number of aromatic amines is 1. The van der Waals surface area contributed by atoms with Crippen LogP contribution in [0.5, 0.6) is 5.88 Å². The Morgan fingerprint density at radius 1 is 1.23 bits per heavy atom. The fourth-order valence-corrected chi connectivity index (χ4v) is 3.44. The number of nitrogens with zero attached hydrogens (tertiary/aromatic N) is 4. The Kier molecular flexibility index (Phi) is 5.34. The molecule has 1 aromatic heterocycles. The van der Waals surface area contributed by atoms with E-state index in [4.69, 9.17) is 16.3 Å². The van der Waals surface area contributed by atoms with Crippen molar-refractivity contribution in [1.82, 2.24) is 4.98 Å². The fourth-order valence-electron chi connectivity index (χ4n) is 3.26. The van der Waals surface area contributed by atoms with Crippen molar-refractivity contribution >= 4 is 45.5 Å². The van der Waals surface area contributed by atoms with Crippen LogP contribution in [-0.4, -0.2) is 47.2 Å². The van der Waals surface area contributed by atoms with Crippen LogP contribution in [0.4, 0.5) is 17.1 Å². The van der Waals surface area contributed by atoms with Gasteiger partial charge in [0.05, 0.1) is 29.2 Å². The molecular formula is C19H16ClN5O5. The Hall–Kier alpha value is -3.50. The molecule has 10 nitrogen and oxygen atoms in total. The number of ether oxygens (including phenoxy) is 1. The molecule has 4 rings (SSSR count). The first-order chi connectivity index (χ1) is 14.4. The van der Waals surface area contributed by atoms with Gasteiger partial charge in [-0.1, -0.05) is 11.6 Å². The van der Waals surface area contributed by atoms with E-state index in [9.17, 15) is 20.0 Å². The van der Waals surface area contributed by atoms with E-state index in [2.05, 4.69) is 15.2 Å². The number of carbonyl (C=O) groups is 1. The van der Waals surface area contributed by atoms with Crippen LogP contribution in [-0.2, 0) is 4.74 Å². The minimum absolute atomic E-state index is 0.0137. The average molecular weight is 430 g/mol. The van der Waals surface area contributed by atoms with Gasteiger partial charge in [0.2, 0.25) is 5.88 Å². The van der Waals surface area contributed by atoms with Gasteiger partial charge in [-0.25, -0.2) is 0 Å². The number of hydrogen-bond acceptors (Lipinski definition) is 7. The molecule has 3 aromatic rings. The lowest BCUT2D eigenvalue weighted by Crippen LogP contribution is -2.36. The molecule has 2 aromatic carbocycles. The summed E-state index contributed by atoms with van der Waals surface area (Å²) in [6.07, 6.45) is 0. The summed E-state index contributed by atoms with van der Waals surface area (Å²) in [6, 6.07) is 9.04. The second-order valence-electron chi connectivity index (χ2n) is 6.58. The number of azo groups is 1. The number of anilines is 1. The van der Waals surface area contributed by atoms with Gasteiger partial charge >= 0.3 is 0 Å². The molecule has 0 spiro atoms. The molecule has 0 aliphatic carbocycles. The molecule has 0 bridgehead atoms. The number of rotatable bonds is 4. The zero-order valence-corrected chi connectivity index (χ0v) is 16.3. The number of aromatic nitrogens is 1. The maximum atomic E-state index is 12.5. The zero-order valence-electron chi connectivity index (χ0n) is 15.5. The number of morpholine rings is 1.